The second-order valence-electron chi connectivity index (χ2n) is 4.13. The van der Waals surface area contributed by atoms with Crippen LogP contribution in [0.15, 0.2) is 18.2 Å². The molecule has 2 unspecified atom stereocenters. The van der Waals surface area contributed by atoms with Gasteiger partial charge in [0.2, 0.25) is 0 Å². The SMILES string of the molecule is Cc1cc(F)cc(C(O)C2CCOC2)c1. The fourth-order valence-corrected chi connectivity index (χ4v) is 2.01. The highest BCUT2D eigenvalue weighted by Gasteiger charge is 2.25. The van der Waals surface area contributed by atoms with Crippen molar-refractivity contribution in [1.29, 1.82) is 0 Å². The second kappa shape index (κ2) is 4.29. The number of hydrogen-bond acceptors (Lipinski definition) is 2. The summed E-state index contributed by atoms with van der Waals surface area (Å²) in [6.07, 6.45) is 0.235. The molecule has 0 aliphatic carbocycles. The second-order valence-corrected chi connectivity index (χ2v) is 4.13. The first kappa shape index (κ1) is 10.6. The third kappa shape index (κ3) is 2.36. The first-order chi connectivity index (χ1) is 7.16. The van der Waals surface area contributed by atoms with Crippen LogP contribution in [0.1, 0.15) is 23.7 Å². The minimum absolute atomic E-state index is 0.103. The van der Waals surface area contributed by atoms with Crippen molar-refractivity contribution < 1.29 is 14.2 Å². The van der Waals surface area contributed by atoms with E-state index < -0.39 is 6.10 Å². The van der Waals surface area contributed by atoms with Crippen LogP contribution in [-0.4, -0.2) is 18.3 Å². The van der Waals surface area contributed by atoms with E-state index in [4.69, 9.17) is 4.74 Å². The van der Waals surface area contributed by atoms with E-state index in [1.54, 1.807) is 0 Å². The van der Waals surface area contributed by atoms with Crippen LogP contribution in [0, 0.1) is 18.7 Å². The summed E-state index contributed by atoms with van der Waals surface area (Å²) in [5.74, 6) is -0.186. The Morgan fingerprint density at radius 3 is 2.87 bits per heavy atom. The Hall–Kier alpha value is -0.930. The largest absolute Gasteiger partial charge is 0.388 e. The molecular weight excluding hydrogens is 195 g/mol. The van der Waals surface area contributed by atoms with Gasteiger partial charge in [-0.3, -0.25) is 0 Å². The zero-order chi connectivity index (χ0) is 10.8. The summed E-state index contributed by atoms with van der Waals surface area (Å²) < 4.78 is 18.3. The summed E-state index contributed by atoms with van der Waals surface area (Å²) in [5.41, 5.74) is 1.49. The Bertz CT molecular complexity index is 325. The van der Waals surface area contributed by atoms with Crippen molar-refractivity contribution in [3.63, 3.8) is 0 Å². The fraction of sp³-hybridized carbons (Fsp3) is 0.500. The molecule has 2 nitrogen and oxygen atoms in total. The van der Waals surface area contributed by atoms with E-state index in [-0.39, 0.29) is 11.7 Å². The third-order valence-electron chi connectivity index (χ3n) is 2.82. The Morgan fingerprint density at radius 2 is 2.27 bits per heavy atom. The average Bonchev–Trinajstić information content (AvgIpc) is 2.67. The van der Waals surface area contributed by atoms with Gasteiger partial charge in [0.05, 0.1) is 12.7 Å². The summed E-state index contributed by atoms with van der Waals surface area (Å²) in [7, 11) is 0. The summed E-state index contributed by atoms with van der Waals surface area (Å²) in [6, 6.07) is 4.68. The molecule has 0 bridgehead atoms. The maximum absolute atomic E-state index is 13.1. The first-order valence-corrected chi connectivity index (χ1v) is 5.20. The van der Waals surface area contributed by atoms with E-state index in [2.05, 4.69) is 0 Å². The number of benzene rings is 1. The van der Waals surface area contributed by atoms with Crippen LogP contribution >= 0.6 is 0 Å². The molecule has 0 amide bonds. The molecule has 1 aromatic carbocycles. The molecule has 1 fully saturated rings. The highest BCUT2D eigenvalue weighted by Crippen LogP contribution is 2.29. The van der Waals surface area contributed by atoms with Crippen molar-refractivity contribution >= 4 is 0 Å². The molecular formula is C12H15FO2. The molecule has 0 radical (unpaired) electrons. The van der Waals surface area contributed by atoms with Crippen molar-refractivity contribution in [3.05, 3.63) is 35.1 Å². The quantitative estimate of drug-likeness (QED) is 0.810. The van der Waals surface area contributed by atoms with Crippen LogP contribution in [0.2, 0.25) is 0 Å². The van der Waals surface area contributed by atoms with Crippen molar-refractivity contribution in [2.24, 2.45) is 5.92 Å². The van der Waals surface area contributed by atoms with E-state index in [1.165, 1.54) is 12.1 Å². The molecule has 2 rings (SSSR count). The molecule has 0 spiro atoms. The molecule has 82 valence electrons. The van der Waals surface area contributed by atoms with E-state index in [0.29, 0.717) is 18.8 Å². The molecule has 1 aromatic rings. The maximum atomic E-state index is 13.1. The van der Waals surface area contributed by atoms with Crippen molar-refractivity contribution in [2.45, 2.75) is 19.4 Å². The van der Waals surface area contributed by atoms with Gasteiger partial charge in [0, 0.05) is 12.5 Å². The lowest BCUT2D eigenvalue weighted by Gasteiger charge is -2.17. The topological polar surface area (TPSA) is 29.5 Å². The molecule has 1 heterocycles. The summed E-state index contributed by atoms with van der Waals surface area (Å²) in [5, 5.41) is 10.0. The molecule has 3 heteroatoms. The van der Waals surface area contributed by atoms with Gasteiger partial charge in [-0.05, 0) is 36.6 Å². The predicted octanol–water partition coefficient (Wildman–Crippen LogP) is 2.20. The van der Waals surface area contributed by atoms with Gasteiger partial charge in [0.1, 0.15) is 5.82 Å². The first-order valence-electron chi connectivity index (χ1n) is 5.20. The highest BCUT2D eigenvalue weighted by atomic mass is 19.1. The monoisotopic (exact) mass is 210 g/mol. The predicted molar refractivity (Wildman–Crippen MR) is 55.0 cm³/mol. The Morgan fingerprint density at radius 1 is 1.47 bits per heavy atom. The van der Waals surface area contributed by atoms with Gasteiger partial charge in [-0.2, -0.15) is 0 Å². The van der Waals surface area contributed by atoms with E-state index >= 15 is 0 Å². The van der Waals surface area contributed by atoms with Crippen LogP contribution in [0.4, 0.5) is 4.39 Å². The van der Waals surface area contributed by atoms with Crippen LogP contribution in [0.3, 0.4) is 0 Å². The smallest absolute Gasteiger partial charge is 0.123 e. The molecule has 1 N–H and O–H groups in total. The van der Waals surface area contributed by atoms with Crippen molar-refractivity contribution in [1.82, 2.24) is 0 Å². The lowest BCUT2D eigenvalue weighted by atomic mass is 9.94. The minimum atomic E-state index is -0.609. The molecule has 2 atom stereocenters. The molecule has 15 heavy (non-hydrogen) atoms. The van der Waals surface area contributed by atoms with Crippen LogP contribution in [0.5, 0.6) is 0 Å². The number of aliphatic hydroxyl groups excluding tert-OH is 1. The van der Waals surface area contributed by atoms with E-state index in [0.717, 1.165) is 12.0 Å². The molecule has 1 aliphatic rings. The number of ether oxygens (including phenoxy) is 1. The zero-order valence-electron chi connectivity index (χ0n) is 8.74. The Labute approximate surface area is 88.7 Å². The zero-order valence-corrected chi connectivity index (χ0v) is 8.74. The van der Waals surface area contributed by atoms with E-state index in [9.17, 15) is 9.50 Å². The highest BCUT2D eigenvalue weighted by molar-refractivity contribution is 5.25. The van der Waals surface area contributed by atoms with Gasteiger partial charge in [-0.25, -0.2) is 4.39 Å². The van der Waals surface area contributed by atoms with Gasteiger partial charge >= 0.3 is 0 Å². The maximum Gasteiger partial charge on any atom is 0.123 e. The lowest BCUT2D eigenvalue weighted by molar-refractivity contribution is 0.0915. The van der Waals surface area contributed by atoms with Gasteiger partial charge in [0.25, 0.3) is 0 Å². The molecule has 0 saturated carbocycles. The summed E-state index contributed by atoms with van der Waals surface area (Å²) in [4.78, 5) is 0. The van der Waals surface area contributed by atoms with Crippen LogP contribution < -0.4 is 0 Å². The van der Waals surface area contributed by atoms with Crippen molar-refractivity contribution in [2.75, 3.05) is 13.2 Å². The van der Waals surface area contributed by atoms with Crippen LogP contribution in [0.25, 0.3) is 0 Å². The van der Waals surface area contributed by atoms with Crippen molar-refractivity contribution in [3.8, 4) is 0 Å². The van der Waals surface area contributed by atoms with Gasteiger partial charge < -0.3 is 9.84 Å². The average molecular weight is 210 g/mol. The summed E-state index contributed by atoms with van der Waals surface area (Å²) in [6.45, 7) is 3.08. The van der Waals surface area contributed by atoms with Gasteiger partial charge in [0.15, 0.2) is 0 Å². The molecule has 1 saturated heterocycles. The van der Waals surface area contributed by atoms with E-state index in [1.807, 2.05) is 13.0 Å². The number of halogens is 1. The molecule has 0 aromatic heterocycles. The number of rotatable bonds is 2. The van der Waals surface area contributed by atoms with Gasteiger partial charge in [-0.1, -0.05) is 6.07 Å². The fourth-order valence-electron chi connectivity index (χ4n) is 2.01. The Kier molecular flexibility index (Phi) is 3.03. The number of aryl methyl sites for hydroxylation is 1. The number of hydrogen-bond donors (Lipinski definition) is 1. The lowest BCUT2D eigenvalue weighted by Crippen LogP contribution is -2.12. The molecule has 1 aliphatic heterocycles. The minimum Gasteiger partial charge on any atom is -0.388 e. The normalized spacial score (nSPS) is 23.0. The standard InChI is InChI=1S/C12H15FO2/c1-8-4-10(6-11(13)5-8)12(14)9-2-3-15-7-9/h4-6,9,12,14H,2-3,7H2,1H3. The van der Waals surface area contributed by atoms with Crippen LogP contribution in [-0.2, 0) is 4.74 Å². The third-order valence-corrected chi connectivity index (χ3v) is 2.82. The number of aliphatic hydroxyl groups is 1. The summed E-state index contributed by atoms with van der Waals surface area (Å²) >= 11 is 0. The van der Waals surface area contributed by atoms with Gasteiger partial charge in [-0.15, -0.1) is 0 Å². The Balaban J connectivity index is 2.20.